The van der Waals surface area contributed by atoms with Gasteiger partial charge < -0.3 is 5.11 Å². The van der Waals surface area contributed by atoms with Crippen molar-refractivity contribution in [1.82, 2.24) is 0 Å². The van der Waals surface area contributed by atoms with E-state index < -0.39 is 10.0 Å². The third-order valence-corrected chi connectivity index (χ3v) is 4.87. The molecule has 2 rings (SSSR count). The topological polar surface area (TPSA) is 80.4 Å². The zero-order valence-electron chi connectivity index (χ0n) is 10.5. The van der Waals surface area contributed by atoms with Crippen LogP contribution in [-0.4, -0.2) is 20.1 Å². The Morgan fingerprint density at radius 2 is 1.94 bits per heavy atom. The van der Waals surface area contributed by atoms with Crippen molar-refractivity contribution < 1.29 is 13.5 Å². The molecule has 0 bridgehead atoms. The van der Waals surface area contributed by atoms with E-state index in [1.165, 1.54) is 6.07 Å². The fourth-order valence-electron chi connectivity index (χ4n) is 2.97. The molecule has 0 saturated heterocycles. The predicted molar refractivity (Wildman–Crippen MR) is 69.8 cm³/mol. The lowest BCUT2D eigenvalue weighted by Crippen LogP contribution is -2.28. The molecular weight excluding hydrogens is 250 g/mol. The molecule has 1 aromatic rings. The molecule has 0 spiro atoms. The number of nitrogens with two attached hydrogens (primary N) is 1. The zero-order valence-corrected chi connectivity index (χ0v) is 11.3. The Morgan fingerprint density at radius 1 is 1.33 bits per heavy atom. The Balaban J connectivity index is 2.47. The molecule has 100 valence electrons. The number of benzene rings is 1. The van der Waals surface area contributed by atoms with E-state index in [0.717, 1.165) is 36.8 Å². The van der Waals surface area contributed by atoms with Gasteiger partial charge in [-0.2, -0.15) is 0 Å². The van der Waals surface area contributed by atoms with Crippen LogP contribution in [0.1, 0.15) is 36.8 Å². The second kappa shape index (κ2) is 4.64. The Morgan fingerprint density at radius 3 is 2.39 bits per heavy atom. The molecule has 0 amide bonds. The predicted octanol–water partition coefficient (Wildman–Crippen LogP) is 1.45. The molecule has 1 fully saturated rings. The van der Waals surface area contributed by atoms with Crippen LogP contribution < -0.4 is 5.14 Å². The number of aryl methyl sites for hydroxylation is 1. The summed E-state index contributed by atoms with van der Waals surface area (Å²) in [7, 11) is -3.65. The van der Waals surface area contributed by atoms with Crippen LogP contribution in [0.5, 0.6) is 0 Å². The van der Waals surface area contributed by atoms with Gasteiger partial charge in [0.05, 0.1) is 11.5 Å². The third-order valence-electron chi connectivity index (χ3n) is 3.96. The summed E-state index contributed by atoms with van der Waals surface area (Å²) >= 11 is 0. The lowest BCUT2D eigenvalue weighted by Gasteiger charge is -2.29. The van der Waals surface area contributed by atoms with Crippen LogP contribution in [0.2, 0.25) is 0 Å². The summed E-state index contributed by atoms with van der Waals surface area (Å²) in [6.07, 6.45) is 4.13. The Kier molecular flexibility index (Phi) is 3.49. The molecule has 0 unspecified atom stereocenters. The van der Waals surface area contributed by atoms with E-state index in [1.54, 1.807) is 12.1 Å². The number of hydrogen-bond donors (Lipinski definition) is 2. The fraction of sp³-hybridized carbons (Fsp3) is 0.538. The van der Waals surface area contributed by atoms with Crippen molar-refractivity contribution in [2.75, 3.05) is 6.61 Å². The van der Waals surface area contributed by atoms with E-state index in [1.807, 2.05) is 6.92 Å². The minimum Gasteiger partial charge on any atom is -0.395 e. The molecule has 0 aliphatic heterocycles. The zero-order chi connectivity index (χ0) is 13.4. The number of aliphatic hydroxyl groups excluding tert-OH is 1. The first-order chi connectivity index (χ1) is 8.39. The second-order valence-corrected chi connectivity index (χ2v) is 6.73. The van der Waals surface area contributed by atoms with Gasteiger partial charge in [0.1, 0.15) is 0 Å². The molecule has 3 N–H and O–H groups in total. The van der Waals surface area contributed by atoms with Crippen LogP contribution in [0.25, 0.3) is 0 Å². The number of hydrogen-bond acceptors (Lipinski definition) is 3. The average molecular weight is 269 g/mol. The minimum atomic E-state index is -3.65. The molecule has 0 radical (unpaired) electrons. The normalized spacial score (nSPS) is 19.1. The number of sulfonamides is 1. The van der Waals surface area contributed by atoms with Crippen LogP contribution >= 0.6 is 0 Å². The van der Waals surface area contributed by atoms with Gasteiger partial charge in [0, 0.05) is 5.41 Å². The van der Waals surface area contributed by atoms with Crippen molar-refractivity contribution in [3.8, 4) is 0 Å². The first-order valence-electron chi connectivity index (χ1n) is 6.14. The van der Waals surface area contributed by atoms with Crippen molar-refractivity contribution in [2.45, 2.75) is 42.9 Å². The molecule has 0 atom stereocenters. The van der Waals surface area contributed by atoms with Gasteiger partial charge in [-0.15, -0.1) is 0 Å². The molecule has 1 aliphatic rings. The number of primary sulfonamides is 1. The van der Waals surface area contributed by atoms with Gasteiger partial charge in [-0.05, 0) is 43.0 Å². The maximum atomic E-state index is 11.3. The molecule has 5 heteroatoms. The highest BCUT2D eigenvalue weighted by Gasteiger charge is 2.36. The molecule has 0 aromatic heterocycles. The van der Waals surface area contributed by atoms with Gasteiger partial charge in [0.2, 0.25) is 10.0 Å². The van der Waals surface area contributed by atoms with E-state index >= 15 is 0 Å². The van der Waals surface area contributed by atoms with Gasteiger partial charge in [0.25, 0.3) is 0 Å². The van der Waals surface area contributed by atoms with Gasteiger partial charge in [-0.3, -0.25) is 0 Å². The molecule has 18 heavy (non-hydrogen) atoms. The summed E-state index contributed by atoms with van der Waals surface area (Å²) in [4.78, 5) is 0.134. The molecule has 1 aliphatic carbocycles. The second-order valence-electron chi connectivity index (χ2n) is 5.17. The van der Waals surface area contributed by atoms with Gasteiger partial charge in [-0.25, -0.2) is 13.6 Å². The van der Waals surface area contributed by atoms with Crippen LogP contribution in [0, 0.1) is 6.92 Å². The van der Waals surface area contributed by atoms with Crippen LogP contribution in [0.15, 0.2) is 23.1 Å². The Labute approximate surface area is 108 Å². The molecule has 4 nitrogen and oxygen atoms in total. The van der Waals surface area contributed by atoms with E-state index in [9.17, 15) is 13.5 Å². The summed E-state index contributed by atoms with van der Waals surface area (Å²) in [5.74, 6) is 0. The van der Waals surface area contributed by atoms with Crippen molar-refractivity contribution in [1.29, 1.82) is 0 Å². The third kappa shape index (κ3) is 2.30. The highest BCUT2D eigenvalue weighted by atomic mass is 32.2. The van der Waals surface area contributed by atoms with Crippen LogP contribution in [-0.2, 0) is 15.4 Å². The van der Waals surface area contributed by atoms with E-state index in [4.69, 9.17) is 5.14 Å². The standard InChI is InChI=1S/C13H19NO3S/c1-10-8-11(18(14,16)17)4-5-12(10)13(9-15)6-2-3-7-13/h4-5,8,15H,2-3,6-7,9H2,1H3,(H2,14,16,17). The lowest BCUT2D eigenvalue weighted by atomic mass is 9.78. The number of aliphatic hydroxyl groups is 1. The highest BCUT2D eigenvalue weighted by Crippen LogP contribution is 2.42. The first-order valence-corrected chi connectivity index (χ1v) is 7.68. The highest BCUT2D eigenvalue weighted by molar-refractivity contribution is 7.89. The van der Waals surface area contributed by atoms with E-state index in [0.29, 0.717) is 0 Å². The van der Waals surface area contributed by atoms with Crippen molar-refractivity contribution >= 4 is 10.0 Å². The fourth-order valence-corrected chi connectivity index (χ4v) is 3.57. The largest absolute Gasteiger partial charge is 0.395 e. The van der Waals surface area contributed by atoms with Crippen molar-refractivity contribution in [2.24, 2.45) is 5.14 Å². The van der Waals surface area contributed by atoms with Crippen molar-refractivity contribution in [3.05, 3.63) is 29.3 Å². The quantitative estimate of drug-likeness (QED) is 0.871. The van der Waals surface area contributed by atoms with Crippen LogP contribution in [0.4, 0.5) is 0 Å². The van der Waals surface area contributed by atoms with E-state index in [-0.39, 0.29) is 16.9 Å². The summed E-state index contributed by atoms with van der Waals surface area (Å²) < 4.78 is 22.6. The monoisotopic (exact) mass is 269 g/mol. The summed E-state index contributed by atoms with van der Waals surface area (Å²) in [5.41, 5.74) is 1.74. The van der Waals surface area contributed by atoms with E-state index in [2.05, 4.69) is 0 Å². The maximum Gasteiger partial charge on any atom is 0.238 e. The van der Waals surface area contributed by atoms with Gasteiger partial charge in [-0.1, -0.05) is 18.9 Å². The summed E-state index contributed by atoms with van der Waals surface area (Å²) in [6.45, 7) is 1.99. The number of rotatable bonds is 3. The first kappa shape index (κ1) is 13.5. The SMILES string of the molecule is Cc1cc(S(N)(=O)=O)ccc1C1(CO)CCCC1. The summed E-state index contributed by atoms with van der Waals surface area (Å²) in [5, 5.41) is 14.8. The Hall–Kier alpha value is -0.910. The van der Waals surface area contributed by atoms with Gasteiger partial charge >= 0.3 is 0 Å². The molecule has 1 saturated carbocycles. The molecule has 0 heterocycles. The van der Waals surface area contributed by atoms with Crippen molar-refractivity contribution in [3.63, 3.8) is 0 Å². The smallest absolute Gasteiger partial charge is 0.238 e. The molecular formula is C13H19NO3S. The molecule has 1 aromatic carbocycles. The Bertz CT molecular complexity index is 545. The van der Waals surface area contributed by atoms with Crippen LogP contribution in [0.3, 0.4) is 0 Å². The lowest BCUT2D eigenvalue weighted by molar-refractivity contribution is 0.195. The maximum absolute atomic E-state index is 11.3. The minimum absolute atomic E-state index is 0.114. The summed E-state index contributed by atoms with van der Waals surface area (Å²) in [6, 6.07) is 4.93. The average Bonchev–Trinajstić information content (AvgIpc) is 2.77. The van der Waals surface area contributed by atoms with Gasteiger partial charge in [0.15, 0.2) is 0 Å².